The normalized spacial score (nSPS) is 14.3. The monoisotopic (exact) mass is 208 g/mol. The van der Waals surface area contributed by atoms with Gasteiger partial charge in [0.1, 0.15) is 0 Å². The van der Waals surface area contributed by atoms with E-state index in [1.54, 1.807) is 0 Å². The van der Waals surface area contributed by atoms with Gasteiger partial charge in [0.05, 0.1) is 11.4 Å². The molecule has 0 unspecified atom stereocenters. The summed E-state index contributed by atoms with van der Waals surface area (Å²) in [6.45, 7) is 6.35. The van der Waals surface area contributed by atoms with Crippen LogP contribution in [0.5, 0.6) is 0 Å². The Bertz CT molecular complexity index is 270. The number of rotatable bonds is 5. The minimum absolute atomic E-state index is 0.837. The first kappa shape index (κ1) is 13.8. The van der Waals surface area contributed by atoms with Gasteiger partial charge >= 0.3 is 0 Å². The van der Waals surface area contributed by atoms with E-state index in [1.807, 2.05) is 19.0 Å². The van der Waals surface area contributed by atoms with E-state index in [2.05, 4.69) is 39.0 Å². The zero-order chi connectivity index (χ0) is 11.8. The molecule has 0 aliphatic heterocycles. The van der Waals surface area contributed by atoms with Gasteiger partial charge in [-0.2, -0.15) is 0 Å². The van der Waals surface area contributed by atoms with Gasteiger partial charge in [0.2, 0.25) is 0 Å². The Morgan fingerprint density at radius 1 is 1.27 bits per heavy atom. The molecule has 0 aromatic rings. The van der Waals surface area contributed by atoms with Crippen LogP contribution < -0.4 is 5.73 Å². The molecule has 15 heavy (non-hydrogen) atoms. The minimum Gasteiger partial charge on any atom is -0.397 e. The Kier molecular flexibility index (Phi) is 6.59. The molecule has 0 heterocycles. The highest BCUT2D eigenvalue weighted by molar-refractivity contribution is 5.31. The third kappa shape index (κ3) is 5.31. The van der Waals surface area contributed by atoms with Gasteiger partial charge in [-0.05, 0) is 31.9 Å². The summed E-state index contributed by atoms with van der Waals surface area (Å²) in [6.07, 6.45) is 8.32. The second-order valence-electron chi connectivity index (χ2n) is 3.89. The second kappa shape index (κ2) is 7.16. The molecule has 2 heteroatoms. The van der Waals surface area contributed by atoms with E-state index >= 15 is 0 Å². The number of hydrogen-bond donors (Lipinski definition) is 1. The van der Waals surface area contributed by atoms with Gasteiger partial charge in [-0.1, -0.05) is 25.5 Å². The lowest BCUT2D eigenvalue weighted by atomic mass is 10.1. The lowest BCUT2D eigenvalue weighted by molar-refractivity contribution is 0.524. The zero-order valence-electron chi connectivity index (χ0n) is 10.7. The fraction of sp³-hybridized carbons (Fsp3) is 0.538. The summed E-state index contributed by atoms with van der Waals surface area (Å²) in [6, 6.07) is 0. The van der Waals surface area contributed by atoms with E-state index in [1.165, 1.54) is 5.57 Å². The molecule has 0 aliphatic rings. The van der Waals surface area contributed by atoms with Crippen LogP contribution in [0, 0.1) is 0 Å². The molecule has 0 bridgehead atoms. The zero-order valence-corrected chi connectivity index (χ0v) is 10.7. The van der Waals surface area contributed by atoms with Crippen LogP contribution in [0.3, 0.4) is 0 Å². The minimum atomic E-state index is 0.837. The summed E-state index contributed by atoms with van der Waals surface area (Å²) in [5.41, 5.74) is 9.26. The van der Waals surface area contributed by atoms with Crippen molar-refractivity contribution in [3.8, 4) is 0 Å². The fourth-order valence-corrected chi connectivity index (χ4v) is 1.17. The highest BCUT2D eigenvalue weighted by Crippen LogP contribution is 2.10. The first-order valence-corrected chi connectivity index (χ1v) is 5.53. The standard InChI is InChI=1S/C13H24N2/c1-6-8-9-13(15(4)5)12(14)10-11(3)7-2/h8-10H,6-7,14H2,1-5H3/b9-8-,11-10+,13-12-. The van der Waals surface area contributed by atoms with E-state index in [4.69, 9.17) is 5.73 Å². The third-order valence-corrected chi connectivity index (χ3v) is 2.25. The smallest absolute Gasteiger partial charge is 0.0591 e. The van der Waals surface area contributed by atoms with Crippen LogP contribution in [-0.4, -0.2) is 19.0 Å². The molecule has 0 amide bonds. The molecule has 0 atom stereocenters. The summed E-state index contributed by atoms with van der Waals surface area (Å²) in [4.78, 5) is 2.04. The number of nitrogens with zero attached hydrogens (tertiary/aromatic N) is 1. The predicted molar refractivity (Wildman–Crippen MR) is 68.4 cm³/mol. The molecule has 0 saturated heterocycles. The average Bonchev–Trinajstić information content (AvgIpc) is 2.17. The van der Waals surface area contributed by atoms with E-state index in [-0.39, 0.29) is 0 Å². The van der Waals surface area contributed by atoms with Crippen molar-refractivity contribution in [2.75, 3.05) is 14.1 Å². The van der Waals surface area contributed by atoms with Crippen molar-refractivity contribution in [1.29, 1.82) is 0 Å². The van der Waals surface area contributed by atoms with Crippen molar-refractivity contribution in [2.45, 2.75) is 33.6 Å². The maximum atomic E-state index is 6.05. The topological polar surface area (TPSA) is 29.3 Å². The molecular formula is C13H24N2. The summed E-state index contributed by atoms with van der Waals surface area (Å²) < 4.78 is 0. The van der Waals surface area contributed by atoms with Crippen LogP contribution in [-0.2, 0) is 0 Å². The fourth-order valence-electron chi connectivity index (χ4n) is 1.17. The molecule has 2 N–H and O–H groups in total. The SMILES string of the molecule is CC\C=C/C(=C(N)\C=C(/C)CC)N(C)C. The van der Waals surface area contributed by atoms with Gasteiger partial charge in [-0.25, -0.2) is 0 Å². The molecule has 0 rings (SSSR count). The summed E-state index contributed by atoms with van der Waals surface area (Å²) in [5, 5.41) is 0. The van der Waals surface area contributed by atoms with E-state index in [0.717, 1.165) is 24.2 Å². The highest BCUT2D eigenvalue weighted by atomic mass is 15.1. The number of likely N-dealkylation sites (N-methyl/N-ethyl adjacent to an activating group) is 1. The first-order valence-electron chi connectivity index (χ1n) is 5.53. The van der Waals surface area contributed by atoms with E-state index < -0.39 is 0 Å². The summed E-state index contributed by atoms with van der Waals surface area (Å²) >= 11 is 0. The number of nitrogens with two attached hydrogens (primary N) is 1. The Morgan fingerprint density at radius 3 is 2.27 bits per heavy atom. The quantitative estimate of drug-likeness (QED) is 0.704. The van der Waals surface area contributed by atoms with Crippen molar-refractivity contribution >= 4 is 0 Å². The predicted octanol–water partition coefficient (Wildman–Crippen LogP) is 3.04. The van der Waals surface area contributed by atoms with Crippen molar-refractivity contribution < 1.29 is 0 Å². The van der Waals surface area contributed by atoms with Crippen LogP contribution in [0.25, 0.3) is 0 Å². The van der Waals surface area contributed by atoms with Crippen LogP contribution >= 0.6 is 0 Å². The Hall–Kier alpha value is -1.18. The highest BCUT2D eigenvalue weighted by Gasteiger charge is 2.00. The number of hydrogen-bond acceptors (Lipinski definition) is 2. The Morgan fingerprint density at radius 2 is 1.87 bits per heavy atom. The Labute approximate surface area is 94.1 Å². The molecule has 0 radical (unpaired) electrons. The van der Waals surface area contributed by atoms with Crippen molar-refractivity contribution in [1.82, 2.24) is 4.90 Å². The van der Waals surface area contributed by atoms with Crippen molar-refractivity contribution in [2.24, 2.45) is 5.73 Å². The number of allylic oxidation sites excluding steroid dienone is 4. The largest absolute Gasteiger partial charge is 0.397 e. The van der Waals surface area contributed by atoms with E-state index in [9.17, 15) is 0 Å². The third-order valence-electron chi connectivity index (χ3n) is 2.25. The summed E-state index contributed by atoms with van der Waals surface area (Å²) in [7, 11) is 4.02. The van der Waals surface area contributed by atoms with Gasteiger partial charge in [-0.3, -0.25) is 0 Å². The van der Waals surface area contributed by atoms with Gasteiger partial charge in [0.25, 0.3) is 0 Å². The molecule has 0 fully saturated rings. The Balaban J connectivity index is 5.00. The van der Waals surface area contributed by atoms with Crippen LogP contribution in [0.1, 0.15) is 33.6 Å². The lowest BCUT2D eigenvalue weighted by Crippen LogP contribution is -2.15. The molecule has 0 aromatic carbocycles. The lowest BCUT2D eigenvalue weighted by Gasteiger charge is -2.16. The molecular weight excluding hydrogens is 184 g/mol. The van der Waals surface area contributed by atoms with Crippen LogP contribution in [0.2, 0.25) is 0 Å². The van der Waals surface area contributed by atoms with Crippen molar-refractivity contribution in [3.05, 3.63) is 35.2 Å². The van der Waals surface area contributed by atoms with Crippen LogP contribution in [0.15, 0.2) is 35.2 Å². The molecule has 0 saturated carbocycles. The van der Waals surface area contributed by atoms with Gasteiger partial charge in [-0.15, -0.1) is 0 Å². The van der Waals surface area contributed by atoms with Crippen LogP contribution in [0.4, 0.5) is 0 Å². The molecule has 0 aromatic heterocycles. The summed E-state index contributed by atoms with van der Waals surface area (Å²) in [5.74, 6) is 0. The van der Waals surface area contributed by atoms with Gasteiger partial charge in [0, 0.05) is 14.1 Å². The van der Waals surface area contributed by atoms with Gasteiger partial charge < -0.3 is 10.6 Å². The molecule has 0 aliphatic carbocycles. The molecule has 86 valence electrons. The average molecular weight is 208 g/mol. The van der Waals surface area contributed by atoms with E-state index in [0.29, 0.717) is 0 Å². The van der Waals surface area contributed by atoms with Crippen molar-refractivity contribution in [3.63, 3.8) is 0 Å². The van der Waals surface area contributed by atoms with Gasteiger partial charge in [0.15, 0.2) is 0 Å². The first-order chi connectivity index (χ1) is 7.02. The maximum Gasteiger partial charge on any atom is 0.0591 e. The maximum absolute atomic E-state index is 6.05. The molecule has 0 spiro atoms. The molecule has 2 nitrogen and oxygen atoms in total. The second-order valence-corrected chi connectivity index (χ2v) is 3.89.